The molecule has 1 aliphatic carbocycles. The molecular weight excluding hydrogens is 385 g/mol. The first-order valence-corrected chi connectivity index (χ1v) is 10.4. The Balaban J connectivity index is 1.87. The molecule has 1 N–H and O–H groups in total. The van der Waals surface area contributed by atoms with Gasteiger partial charge in [0.25, 0.3) is 0 Å². The van der Waals surface area contributed by atoms with Crippen molar-refractivity contribution < 1.29 is 14.3 Å². The van der Waals surface area contributed by atoms with E-state index >= 15 is 0 Å². The molecule has 0 bridgehead atoms. The Hall–Kier alpha value is -1.52. The van der Waals surface area contributed by atoms with E-state index in [1.165, 1.54) is 19.3 Å². The number of carbonyl (C=O) groups is 2. The molecule has 4 nitrogen and oxygen atoms in total. The standard InChI is InChI=1S/C21H25Cl2NO3/c1-13-19(21(26)27-14-8-5-3-2-4-6-9-14)16(12-18(25)24-13)15-10-7-11-17(22)20(15)23/h7,10-11,14,16H,2-6,8-9,12H2,1H3,(H,24,25)/t16-/m1/s1. The van der Waals surface area contributed by atoms with Crippen LogP contribution in [-0.4, -0.2) is 18.0 Å². The SMILES string of the molecule is CC1=C(C(=O)OC2CCCCCCC2)[C@@H](c2cccc(Cl)c2Cl)CC(=O)N1. The summed E-state index contributed by atoms with van der Waals surface area (Å²) in [5.74, 6) is -0.957. The second kappa shape index (κ2) is 9.11. The summed E-state index contributed by atoms with van der Waals surface area (Å²) in [6, 6.07) is 5.29. The number of esters is 1. The van der Waals surface area contributed by atoms with E-state index in [4.69, 9.17) is 27.9 Å². The van der Waals surface area contributed by atoms with Crippen molar-refractivity contribution in [3.63, 3.8) is 0 Å². The zero-order valence-corrected chi connectivity index (χ0v) is 17.0. The third kappa shape index (κ3) is 4.85. The van der Waals surface area contributed by atoms with Gasteiger partial charge < -0.3 is 10.1 Å². The van der Waals surface area contributed by atoms with Gasteiger partial charge in [-0.1, -0.05) is 54.6 Å². The minimum atomic E-state index is -0.453. The minimum absolute atomic E-state index is 0.0637. The predicted octanol–water partition coefficient (Wildman–Crippen LogP) is 5.53. The lowest BCUT2D eigenvalue weighted by molar-refractivity contribution is -0.145. The van der Waals surface area contributed by atoms with Crippen LogP contribution in [0.4, 0.5) is 0 Å². The normalized spacial score (nSPS) is 22.0. The first-order chi connectivity index (χ1) is 13.0. The van der Waals surface area contributed by atoms with Crippen molar-refractivity contribution in [3.8, 4) is 0 Å². The van der Waals surface area contributed by atoms with Crippen LogP contribution < -0.4 is 5.32 Å². The molecule has 2 aliphatic rings. The summed E-state index contributed by atoms with van der Waals surface area (Å²) in [7, 11) is 0. The summed E-state index contributed by atoms with van der Waals surface area (Å²) < 4.78 is 5.87. The molecule has 1 heterocycles. The number of amides is 1. The van der Waals surface area contributed by atoms with Crippen LogP contribution in [0, 0.1) is 0 Å². The zero-order valence-electron chi connectivity index (χ0n) is 15.5. The minimum Gasteiger partial charge on any atom is -0.459 e. The van der Waals surface area contributed by atoms with Gasteiger partial charge in [-0.05, 0) is 44.2 Å². The van der Waals surface area contributed by atoms with E-state index in [2.05, 4.69) is 5.32 Å². The molecule has 0 radical (unpaired) electrons. The number of nitrogens with one attached hydrogen (secondary N) is 1. The van der Waals surface area contributed by atoms with Gasteiger partial charge in [-0.3, -0.25) is 4.79 Å². The zero-order chi connectivity index (χ0) is 19.4. The Morgan fingerprint density at radius 3 is 2.48 bits per heavy atom. The fourth-order valence-corrected chi connectivity index (χ4v) is 4.42. The summed E-state index contributed by atoms with van der Waals surface area (Å²) in [5.41, 5.74) is 1.69. The molecular formula is C21H25Cl2NO3. The van der Waals surface area contributed by atoms with Crippen molar-refractivity contribution in [1.29, 1.82) is 0 Å². The maximum atomic E-state index is 13.1. The molecule has 0 aromatic heterocycles. The molecule has 1 fully saturated rings. The molecule has 0 spiro atoms. The maximum absolute atomic E-state index is 13.1. The predicted molar refractivity (Wildman–Crippen MR) is 107 cm³/mol. The van der Waals surface area contributed by atoms with Gasteiger partial charge in [0, 0.05) is 18.0 Å². The lowest BCUT2D eigenvalue weighted by Crippen LogP contribution is -2.35. The summed E-state index contributed by atoms with van der Waals surface area (Å²) in [6.45, 7) is 1.73. The molecule has 6 heteroatoms. The van der Waals surface area contributed by atoms with Gasteiger partial charge in [-0.2, -0.15) is 0 Å². The molecule has 1 atom stereocenters. The third-order valence-corrected chi connectivity index (χ3v) is 6.21. The van der Waals surface area contributed by atoms with E-state index in [-0.39, 0.29) is 24.4 Å². The van der Waals surface area contributed by atoms with Crippen LogP contribution in [-0.2, 0) is 14.3 Å². The number of ether oxygens (including phenoxy) is 1. The first kappa shape index (κ1) is 20.2. The number of hydrogen-bond donors (Lipinski definition) is 1. The summed E-state index contributed by atoms with van der Waals surface area (Å²) in [4.78, 5) is 25.2. The van der Waals surface area contributed by atoms with Crippen LogP contribution in [0.15, 0.2) is 29.5 Å². The van der Waals surface area contributed by atoms with E-state index in [1.807, 2.05) is 6.07 Å². The van der Waals surface area contributed by atoms with Crippen molar-refractivity contribution in [2.75, 3.05) is 0 Å². The largest absolute Gasteiger partial charge is 0.459 e. The molecule has 1 amide bonds. The van der Waals surface area contributed by atoms with Gasteiger partial charge in [0.1, 0.15) is 6.10 Å². The molecule has 1 aromatic carbocycles. The van der Waals surface area contributed by atoms with Gasteiger partial charge in [-0.25, -0.2) is 4.79 Å². The topological polar surface area (TPSA) is 55.4 Å². The van der Waals surface area contributed by atoms with Crippen molar-refractivity contribution in [2.45, 2.75) is 70.3 Å². The Morgan fingerprint density at radius 1 is 1.11 bits per heavy atom. The van der Waals surface area contributed by atoms with E-state index in [9.17, 15) is 9.59 Å². The van der Waals surface area contributed by atoms with Crippen LogP contribution in [0.3, 0.4) is 0 Å². The number of benzene rings is 1. The molecule has 146 valence electrons. The first-order valence-electron chi connectivity index (χ1n) is 9.63. The van der Waals surface area contributed by atoms with E-state index in [0.29, 0.717) is 26.9 Å². The third-order valence-electron chi connectivity index (χ3n) is 5.37. The highest BCUT2D eigenvalue weighted by Gasteiger charge is 2.35. The van der Waals surface area contributed by atoms with E-state index < -0.39 is 5.92 Å². The highest BCUT2D eigenvalue weighted by Crippen LogP contribution is 2.39. The van der Waals surface area contributed by atoms with Crippen molar-refractivity contribution in [2.24, 2.45) is 0 Å². The molecule has 1 aliphatic heterocycles. The van der Waals surface area contributed by atoms with Crippen LogP contribution in [0.1, 0.15) is 69.8 Å². The summed E-state index contributed by atoms with van der Waals surface area (Å²) in [6.07, 6.45) is 7.66. The molecule has 27 heavy (non-hydrogen) atoms. The highest BCUT2D eigenvalue weighted by molar-refractivity contribution is 6.42. The second-order valence-electron chi connectivity index (χ2n) is 7.36. The van der Waals surface area contributed by atoms with Gasteiger partial charge in [0.05, 0.1) is 15.6 Å². The van der Waals surface area contributed by atoms with E-state index in [1.54, 1.807) is 19.1 Å². The fraction of sp³-hybridized carbons (Fsp3) is 0.524. The van der Waals surface area contributed by atoms with Gasteiger partial charge in [-0.15, -0.1) is 0 Å². The Kier molecular flexibility index (Phi) is 6.83. The quantitative estimate of drug-likeness (QED) is 0.667. The van der Waals surface area contributed by atoms with Crippen LogP contribution in [0.2, 0.25) is 10.0 Å². The number of carbonyl (C=O) groups excluding carboxylic acids is 2. The average Bonchev–Trinajstić information content (AvgIpc) is 2.58. The Bertz CT molecular complexity index is 752. The summed E-state index contributed by atoms with van der Waals surface area (Å²) >= 11 is 12.5. The van der Waals surface area contributed by atoms with Crippen LogP contribution >= 0.6 is 23.2 Å². The second-order valence-corrected chi connectivity index (χ2v) is 8.14. The molecule has 0 unspecified atom stereocenters. The smallest absolute Gasteiger partial charge is 0.336 e. The lowest BCUT2D eigenvalue weighted by atomic mass is 9.84. The van der Waals surface area contributed by atoms with Crippen molar-refractivity contribution in [3.05, 3.63) is 45.1 Å². The number of allylic oxidation sites excluding steroid dienone is 1. The number of halogens is 2. The number of hydrogen-bond acceptors (Lipinski definition) is 3. The average molecular weight is 410 g/mol. The van der Waals surface area contributed by atoms with Crippen molar-refractivity contribution >= 4 is 35.1 Å². The Labute approximate surface area is 170 Å². The molecule has 3 rings (SSSR count). The monoisotopic (exact) mass is 409 g/mol. The van der Waals surface area contributed by atoms with Gasteiger partial charge in [0.15, 0.2) is 0 Å². The number of rotatable bonds is 3. The van der Waals surface area contributed by atoms with Gasteiger partial charge in [0.2, 0.25) is 5.91 Å². The lowest BCUT2D eigenvalue weighted by Gasteiger charge is -2.29. The van der Waals surface area contributed by atoms with Crippen LogP contribution in [0.5, 0.6) is 0 Å². The van der Waals surface area contributed by atoms with Crippen LogP contribution in [0.25, 0.3) is 0 Å². The van der Waals surface area contributed by atoms with E-state index in [0.717, 1.165) is 25.7 Å². The fourth-order valence-electron chi connectivity index (χ4n) is 3.98. The maximum Gasteiger partial charge on any atom is 0.336 e. The summed E-state index contributed by atoms with van der Waals surface area (Å²) in [5, 5.41) is 3.55. The highest BCUT2D eigenvalue weighted by atomic mass is 35.5. The molecule has 0 saturated heterocycles. The molecule has 1 aromatic rings. The Morgan fingerprint density at radius 2 is 1.78 bits per heavy atom. The molecule has 1 saturated carbocycles. The van der Waals surface area contributed by atoms with Crippen molar-refractivity contribution in [1.82, 2.24) is 5.32 Å². The van der Waals surface area contributed by atoms with Gasteiger partial charge >= 0.3 is 5.97 Å².